The summed E-state index contributed by atoms with van der Waals surface area (Å²) in [5.74, 6) is 1.48. The van der Waals surface area contributed by atoms with Gasteiger partial charge in [-0.2, -0.15) is 0 Å². The first-order valence-electron chi connectivity index (χ1n) is 9.36. The Kier molecular flexibility index (Phi) is 5.53. The fraction of sp³-hybridized carbons (Fsp3) is 0.333. The molecule has 2 aliphatic rings. The molecule has 0 fully saturated rings. The summed E-state index contributed by atoms with van der Waals surface area (Å²) in [6, 6.07) is 12.7. The zero-order valence-electron chi connectivity index (χ0n) is 16.1. The first kappa shape index (κ1) is 19.1. The number of hydrogen-bond acceptors (Lipinski definition) is 6. The van der Waals surface area contributed by atoms with Gasteiger partial charge in [0.25, 0.3) is 5.91 Å². The van der Waals surface area contributed by atoms with Crippen molar-refractivity contribution in [1.29, 1.82) is 0 Å². The van der Waals surface area contributed by atoms with Gasteiger partial charge in [-0.15, -0.1) is 0 Å². The number of carbonyl (C=O) groups is 2. The molecule has 8 heteroatoms. The monoisotopic (exact) mass is 398 g/mol. The average molecular weight is 398 g/mol. The number of ether oxygens (including phenoxy) is 4. The van der Waals surface area contributed by atoms with E-state index in [0.717, 1.165) is 5.56 Å². The number of nitrogens with one attached hydrogen (secondary N) is 1. The molecule has 0 bridgehead atoms. The lowest BCUT2D eigenvalue weighted by Crippen LogP contribution is -2.46. The standard InChI is InChI=1S/C21H22N2O6/c1-26-13-20(24)22-15-6-7-16-14(10-15)11-23(8-9-27-16)21(25)19-12-28-17-4-2-3-5-18(17)29-19/h2-7,10,19H,8-9,11-13H2,1H3,(H,22,24). The van der Waals surface area contributed by atoms with Crippen LogP contribution >= 0.6 is 0 Å². The van der Waals surface area contributed by atoms with Crippen LogP contribution in [-0.2, 0) is 20.9 Å². The highest BCUT2D eigenvalue weighted by Gasteiger charge is 2.32. The maximum absolute atomic E-state index is 13.1. The fourth-order valence-corrected chi connectivity index (χ4v) is 3.33. The maximum atomic E-state index is 13.1. The number of para-hydroxylation sites is 2. The summed E-state index contributed by atoms with van der Waals surface area (Å²) >= 11 is 0. The molecule has 1 atom stereocenters. The number of hydrogen-bond donors (Lipinski definition) is 1. The fourth-order valence-electron chi connectivity index (χ4n) is 3.33. The van der Waals surface area contributed by atoms with Gasteiger partial charge in [0.05, 0.1) is 6.54 Å². The third-order valence-corrected chi connectivity index (χ3v) is 4.70. The van der Waals surface area contributed by atoms with Gasteiger partial charge in [-0.05, 0) is 30.3 Å². The van der Waals surface area contributed by atoms with E-state index in [1.54, 1.807) is 23.1 Å². The second-order valence-corrected chi connectivity index (χ2v) is 6.78. The quantitative estimate of drug-likeness (QED) is 0.846. The number of rotatable bonds is 4. The van der Waals surface area contributed by atoms with Crippen LogP contribution in [0.3, 0.4) is 0 Å². The third kappa shape index (κ3) is 4.27. The van der Waals surface area contributed by atoms with Crippen LogP contribution in [0.4, 0.5) is 5.69 Å². The lowest BCUT2D eigenvalue weighted by Gasteiger charge is -2.29. The molecule has 1 N–H and O–H groups in total. The summed E-state index contributed by atoms with van der Waals surface area (Å²) in [5.41, 5.74) is 1.43. The zero-order chi connectivity index (χ0) is 20.2. The van der Waals surface area contributed by atoms with Crippen LogP contribution < -0.4 is 19.5 Å². The van der Waals surface area contributed by atoms with E-state index in [1.807, 2.05) is 24.3 Å². The highest BCUT2D eigenvalue weighted by Crippen LogP contribution is 2.32. The van der Waals surface area contributed by atoms with E-state index in [0.29, 0.717) is 42.6 Å². The summed E-state index contributed by atoms with van der Waals surface area (Å²) in [6.45, 7) is 1.29. The van der Waals surface area contributed by atoms with E-state index in [4.69, 9.17) is 18.9 Å². The molecule has 4 rings (SSSR count). The molecule has 2 aromatic rings. The topological polar surface area (TPSA) is 86.3 Å². The van der Waals surface area contributed by atoms with Crippen LogP contribution in [0.5, 0.6) is 17.2 Å². The average Bonchev–Trinajstić information content (AvgIpc) is 2.95. The van der Waals surface area contributed by atoms with Crippen molar-refractivity contribution in [3.63, 3.8) is 0 Å². The van der Waals surface area contributed by atoms with Crippen LogP contribution in [0.25, 0.3) is 0 Å². The van der Waals surface area contributed by atoms with Crippen LogP contribution in [0.15, 0.2) is 42.5 Å². The van der Waals surface area contributed by atoms with E-state index in [1.165, 1.54) is 7.11 Å². The normalized spacial score (nSPS) is 17.6. The van der Waals surface area contributed by atoms with E-state index in [2.05, 4.69) is 5.32 Å². The van der Waals surface area contributed by atoms with Gasteiger partial charge in [0.2, 0.25) is 12.0 Å². The number of amides is 2. The minimum absolute atomic E-state index is 0.0291. The van der Waals surface area contributed by atoms with Crippen LogP contribution in [0.2, 0.25) is 0 Å². The van der Waals surface area contributed by atoms with Gasteiger partial charge in [-0.1, -0.05) is 12.1 Å². The molecular weight excluding hydrogens is 376 g/mol. The lowest BCUT2D eigenvalue weighted by atomic mass is 10.1. The van der Waals surface area contributed by atoms with Crippen LogP contribution in [0, 0.1) is 0 Å². The molecule has 0 saturated heterocycles. The Morgan fingerprint density at radius 1 is 1.14 bits per heavy atom. The number of methoxy groups -OCH3 is 1. The van der Waals surface area contributed by atoms with Gasteiger partial charge >= 0.3 is 0 Å². The zero-order valence-corrected chi connectivity index (χ0v) is 16.1. The molecule has 2 aromatic carbocycles. The number of anilines is 1. The van der Waals surface area contributed by atoms with Crippen molar-refractivity contribution in [2.45, 2.75) is 12.6 Å². The molecular formula is C21H22N2O6. The Morgan fingerprint density at radius 2 is 1.97 bits per heavy atom. The molecule has 29 heavy (non-hydrogen) atoms. The first-order valence-corrected chi connectivity index (χ1v) is 9.36. The van der Waals surface area contributed by atoms with Gasteiger partial charge in [-0.25, -0.2) is 0 Å². The first-order chi connectivity index (χ1) is 14.1. The van der Waals surface area contributed by atoms with E-state index < -0.39 is 6.10 Å². The Balaban J connectivity index is 1.48. The smallest absolute Gasteiger partial charge is 0.267 e. The van der Waals surface area contributed by atoms with Crippen LogP contribution in [0.1, 0.15) is 5.56 Å². The molecule has 152 valence electrons. The SMILES string of the molecule is COCC(=O)Nc1ccc2c(c1)CN(C(=O)C1COc3ccccc3O1)CCO2. The minimum Gasteiger partial charge on any atom is -0.491 e. The highest BCUT2D eigenvalue weighted by molar-refractivity contribution is 5.92. The molecule has 1 unspecified atom stereocenters. The molecule has 2 aliphatic heterocycles. The number of carbonyl (C=O) groups excluding carboxylic acids is 2. The second-order valence-electron chi connectivity index (χ2n) is 6.78. The summed E-state index contributed by atoms with van der Waals surface area (Å²) in [5, 5.41) is 2.76. The van der Waals surface area contributed by atoms with Crippen LogP contribution in [-0.4, -0.2) is 56.3 Å². The van der Waals surface area contributed by atoms with Crippen molar-refractivity contribution in [2.75, 3.05) is 38.8 Å². The van der Waals surface area contributed by atoms with Crippen molar-refractivity contribution in [3.05, 3.63) is 48.0 Å². The van der Waals surface area contributed by atoms with Crippen molar-refractivity contribution in [1.82, 2.24) is 4.90 Å². The summed E-state index contributed by atoms with van der Waals surface area (Å²) in [7, 11) is 1.46. The molecule has 0 radical (unpaired) electrons. The predicted octanol–water partition coefficient (Wildman–Crippen LogP) is 1.83. The molecule has 0 spiro atoms. The largest absolute Gasteiger partial charge is 0.491 e. The summed E-state index contributed by atoms with van der Waals surface area (Å²) in [4.78, 5) is 26.5. The van der Waals surface area contributed by atoms with Gasteiger partial charge in [0, 0.05) is 24.9 Å². The van der Waals surface area contributed by atoms with E-state index >= 15 is 0 Å². The Hall–Kier alpha value is -3.26. The molecule has 0 saturated carbocycles. The molecule has 0 aliphatic carbocycles. The number of fused-ring (bicyclic) bond motifs is 2. The van der Waals surface area contributed by atoms with Crippen molar-refractivity contribution < 1.29 is 28.5 Å². The molecule has 2 amide bonds. The van der Waals surface area contributed by atoms with Gasteiger partial charge < -0.3 is 29.2 Å². The van der Waals surface area contributed by atoms with Crippen molar-refractivity contribution in [2.24, 2.45) is 0 Å². The Bertz CT molecular complexity index is 916. The van der Waals surface area contributed by atoms with Gasteiger partial charge in [0.15, 0.2) is 11.5 Å². The van der Waals surface area contributed by atoms with E-state index in [9.17, 15) is 9.59 Å². The molecule has 2 heterocycles. The summed E-state index contributed by atoms with van der Waals surface area (Å²) in [6.07, 6.45) is -0.712. The molecule has 0 aromatic heterocycles. The minimum atomic E-state index is -0.712. The maximum Gasteiger partial charge on any atom is 0.267 e. The third-order valence-electron chi connectivity index (χ3n) is 4.70. The number of benzene rings is 2. The van der Waals surface area contributed by atoms with Crippen molar-refractivity contribution in [3.8, 4) is 17.2 Å². The highest BCUT2D eigenvalue weighted by atomic mass is 16.6. The van der Waals surface area contributed by atoms with Gasteiger partial charge in [0.1, 0.15) is 25.6 Å². The number of nitrogens with zero attached hydrogens (tertiary/aromatic N) is 1. The second kappa shape index (κ2) is 8.40. The van der Waals surface area contributed by atoms with Gasteiger partial charge in [-0.3, -0.25) is 9.59 Å². The lowest BCUT2D eigenvalue weighted by molar-refractivity contribution is -0.142. The molecule has 8 nitrogen and oxygen atoms in total. The van der Waals surface area contributed by atoms with E-state index in [-0.39, 0.29) is 25.0 Å². The summed E-state index contributed by atoms with van der Waals surface area (Å²) < 4.78 is 22.1. The Morgan fingerprint density at radius 3 is 2.79 bits per heavy atom. The Labute approximate surface area is 168 Å². The van der Waals surface area contributed by atoms with Crippen molar-refractivity contribution >= 4 is 17.5 Å². The predicted molar refractivity (Wildman–Crippen MR) is 104 cm³/mol.